The molecule has 1 aromatic rings. The molecule has 3 amide bonds. The van der Waals surface area contributed by atoms with Gasteiger partial charge in [0.1, 0.15) is 5.92 Å². The predicted octanol–water partition coefficient (Wildman–Crippen LogP) is 3.00. The van der Waals surface area contributed by atoms with Crippen LogP contribution in [0.5, 0.6) is 0 Å². The fourth-order valence-corrected chi connectivity index (χ4v) is 4.35. The van der Waals surface area contributed by atoms with Crippen molar-refractivity contribution in [3.63, 3.8) is 0 Å². The molecule has 6 heteroatoms. The zero-order chi connectivity index (χ0) is 19.5. The molecular formula is C22H25N3O3. The second-order valence-corrected chi connectivity index (χ2v) is 7.72. The van der Waals surface area contributed by atoms with Gasteiger partial charge in [0.15, 0.2) is 0 Å². The molecule has 3 N–H and O–H groups in total. The van der Waals surface area contributed by atoms with E-state index in [0.29, 0.717) is 11.4 Å². The van der Waals surface area contributed by atoms with Crippen molar-refractivity contribution in [2.24, 2.45) is 17.8 Å². The molecule has 1 atom stereocenters. The maximum atomic E-state index is 13.2. The number of amides is 3. The summed E-state index contributed by atoms with van der Waals surface area (Å²) in [5.41, 5.74) is 1.10. The van der Waals surface area contributed by atoms with Crippen LogP contribution >= 0.6 is 0 Å². The van der Waals surface area contributed by atoms with Gasteiger partial charge in [0.05, 0.1) is 17.3 Å². The summed E-state index contributed by atoms with van der Waals surface area (Å²) in [5, 5.41) is 8.74. The van der Waals surface area contributed by atoms with E-state index in [9.17, 15) is 14.4 Å². The molecule has 1 heterocycles. The lowest BCUT2D eigenvalue weighted by Gasteiger charge is -2.30. The fraction of sp³-hybridized carbons (Fsp3) is 0.409. The number of para-hydroxylation sites is 2. The quantitative estimate of drug-likeness (QED) is 0.703. The van der Waals surface area contributed by atoms with Crippen molar-refractivity contribution >= 4 is 29.1 Å². The van der Waals surface area contributed by atoms with E-state index in [4.69, 9.17) is 0 Å². The number of fused-ring (bicyclic) bond motifs is 1. The highest BCUT2D eigenvalue weighted by molar-refractivity contribution is 6.17. The van der Waals surface area contributed by atoms with Gasteiger partial charge in [0.2, 0.25) is 17.7 Å². The van der Waals surface area contributed by atoms with Gasteiger partial charge in [0, 0.05) is 12.0 Å². The summed E-state index contributed by atoms with van der Waals surface area (Å²) in [7, 11) is 0. The van der Waals surface area contributed by atoms with E-state index in [2.05, 4.69) is 16.0 Å². The topological polar surface area (TPSA) is 87.3 Å². The number of nitrogens with one attached hydrogen (secondary N) is 3. The Morgan fingerprint density at radius 2 is 1.50 bits per heavy atom. The van der Waals surface area contributed by atoms with Gasteiger partial charge >= 0.3 is 0 Å². The van der Waals surface area contributed by atoms with E-state index in [0.717, 1.165) is 25.7 Å². The minimum atomic E-state index is -1.10. The SMILES string of the molecule is O=C1Nc2ccccc2NC(=O)C1C(C(=O)NC1CCCCC1)C1C=CC=C1. The molecule has 1 unspecified atom stereocenters. The predicted molar refractivity (Wildman–Crippen MR) is 107 cm³/mol. The highest BCUT2D eigenvalue weighted by Gasteiger charge is 2.44. The largest absolute Gasteiger partial charge is 0.353 e. The Hall–Kier alpha value is -2.89. The third-order valence-electron chi connectivity index (χ3n) is 5.81. The van der Waals surface area contributed by atoms with Crippen molar-refractivity contribution in [3.05, 3.63) is 48.6 Å². The van der Waals surface area contributed by atoms with Gasteiger partial charge < -0.3 is 16.0 Å². The van der Waals surface area contributed by atoms with Crippen molar-refractivity contribution in [1.29, 1.82) is 0 Å². The molecule has 3 aliphatic rings. The maximum absolute atomic E-state index is 13.2. The first kappa shape index (κ1) is 18.5. The Bertz CT molecular complexity index is 790. The first-order valence-electron chi connectivity index (χ1n) is 9.99. The number of allylic oxidation sites excluding steroid dienone is 4. The normalized spacial score (nSPS) is 21.6. The number of hydrogen-bond donors (Lipinski definition) is 3. The first-order chi connectivity index (χ1) is 13.6. The van der Waals surface area contributed by atoms with E-state index in [1.165, 1.54) is 6.42 Å². The van der Waals surface area contributed by atoms with Gasteiger partial charge in [-0.1, -0.05) is 55.7 Å². The Morgan fingerprint density at radius 1 is 0.929 bits per heavy atom. The Labute approximate surface area is 164 Å². The molecule has 1 aliphatic heterocycles. The summed E-state index contributed by atoms with van der Waals surface area (Å²) in [6.45, 7) is 0. The van der Waals surface area contributed by atoms with Crippen LogP contribution in [0.3, 0.4) is 0 Å². The molecule has 28 heavy (non-hydrogen) atoms. The number of carbonyl (C=O) groups is 3. The number of hydrogen-bond acceptors (Lipinski definition) is 3. The maximum Gasteiger partial charge on any atom is 0.237 e. The molecule has 1 fully saturated rings. The van der Waals surface area contributed by atoms with E-state index < -0.39 is 23.7 Å². The Morgan fingerprint density at radius 3 is 2.07 bits per heavy atom. The number of benzene rings is 1. The minimum absolute atomic E-state index is 0.118. The van der Waals surface area contributed by atoms with Crippen LogP contribution in [-0.2, 0) is 14.4 Å². The average Bonchev–Trinajstić information content (AvgIpc) is 3.18. The highest BCUT2D eigenvalue weighted by atomic mass is 16.2. The molecule has 4 rings (SSSR count). The lowest BCUT2D eigenvalue weighted by Crippen LogP contribution is -2.49. The highest BCUT2D eigenvalue weighted by Crippen LogP contribution is 2.33. The van der Waals surface area contributed by atoms with Crippen LogP contribution in [0.1, 0.15) is 32.1 Å². The molecule has 1 saturated carbocycles. The van der Waals surface area contributed by atoms with Crippen LogP contribution in [0.4, 0.5) is 11.4 Å². The van der Waals surface area contributed by atoms with Crippen LogP contribution in [0.25, 0.3) is 0 Å². The third kappa shape index (κ3) is 3.72. The van der Waals surface area contributed by atoms with E-state index in [1.807, 2.05) is 24.3 Å². The Kier molecular flexibility index (Phi) is 5.28. The van der Waals surface area contributed by atoms with E-state index >= 15 is 0 Å². The molecule has 1 aromatic carbocycles. The van der Waals surface area contributed by atoms with Crippen molar-refractivity contribution in [3.8, 4) is 0 Å². The van der Waals surface area contributed by atoms with E-state index in [-0.39, 0.29) is 17.9 Å². The van der Waals surface area contributed by atoms with Gasteiger partial charge in [-0.3, -0.25) is 14.4 Å². The van der Waals surface area contributed by atoms with Crippen molar-refractivity contribution in [2.75, 3.05) is 10.6 Å². The monoisotopic (exact) mass is 379 g/mol. The molecule has 2 aliphatic carbocycles. The van der Waals surface area contributed by atoms with E-state index in [1.54, 1.807) is 24.3 Å². The number of anilines is 2. The summed E-state index contributed by atoms with van der Waals surface area (Å²) < 4.78 is 0. The molecule has 146 valence electrons. The molecule has 0 aromatic heterocycles. The molecule has 0 saturated heterocycles. The van der Waals surface area contributed by atoms with Crippen LogP contribution in [0.2, 0.25) is 0 Å². The molecular weight excluding hydrogens is 354 g/mol. The van der Waals surface area contributed by atoms with Crippen LogP contribution in [-0.4, -0.2) is 23.8 Å². The third-order valence-corrected chi connectivity index (χ3v) is 5.81. The fourth-order valence-electron chi connectivity index (χ4n) is 4.35. The smallest absolute Gasteiger partial charge is 0.237 e. The minimum Gasteiger partial charge on any atom is -0.353 e. The van der Waals surface area contributed by atoms with Crippen molar-refractivity contribution < 1.29 is 14.4 Å². The summed E-state index contributed by atoms with van der Waals surface area (Å²) in [6, 6.07) is 7.18. The van der Waals surface area contributed by atoms with Gasteiger partial charge in [-0.15, -0.1) is 0 Å². The lowest BCUT2D eigenvalue weighted by molar-refractivity contribution is -0.140. The van der Waals surface area contributed by atoms with Crippen molar-refractivity contribution in [2.45, 2.75) is 38.1 Å². The number of rotatable bonds is 4. The summed E-state index contributed by atoms with van der Waals surface area (Å²) in [5.74, 6) is -3.29. The molecule has 0 bridgehead atoms. The first-order valence-corrected chi connectivity index (χ1v) is 9.99. The average molecular weight is 379 g/mol. The second-order valence-electron chi connectivity index (χ2n) is 7.72. The molecule has 0 radical (unpaired) electrons. The molecule has 6 nitrogen and oxygen atoms in total. The molecule has 0 spiro atoms. The van der Waals surface area contributed by atoms with Crippen LogP contribution in [0, 0.1) is 17.8 Å². The van der Waals surface area contributed by atoms with Gasteiger partial charge in [0.25, 0.3) is 0 Å². The zero-order valence-corrected chi connectivity index (χ0v) is 15.7. The standard InChI is InChI=1S/C22H25N3O3/c26-20(23-15-10-2-1-3-11-15)18(14-8-4-5-9-14)19-21(27)24-16-12-6-7-13-17(16)25-22(19)28/h4-9,12-15,18-19H,1-3,10-11H2,(H,23,26)(H,24,27)(H,25,28). The lowest BCUT2D eigenvalue weighted by atomic mass is 9.79. The van der Waals surface area contributed by atoms with Gasteiger partial charge in [-0.25, -0.2) is 0 Å². The summed E-state index contributed by atoms with van der Waals surface area (Å²) >= 11 is 0. The summed E-state index contributed by atoms with van der Waals surface area (Å²) in [6.07, 6.45) is 12.7. The Balaban J connectivity index is 1.61. The van der Waals surface area contributed by atoms with Crippen LogP contribution < -0.4 is 16.0 Å². The van der Waals surface area contributed by atoms with Gasteiger partial charge in [-0.05, 0) is 25.0 Å². The second kappa shape index (κ2) is 8.00. The zero-order valence-electron chi connectivity index (χ0n) is 15.7. The number of carbonyl (C=O) groups excluding carboxylic acids is 3. The van der Waals surface area contributed by atoms with Gasteiger partial charge in [-0.2, -0.15) is 0 Å². The summed E-state index contributed by atoms with van der Waals surface area (Å²) in [4.78, 5) is 39.2. The van der Waals surface area contributed by atoms with Crippen molar-refractivity contribution in [1.82, 2.24) is 5.32 Å². The van der Waals surface area contributed by atoms with Crippen LogP contribution in [0.15, 0.2) is 48.6 Å².